The molecule has 0 unspecified atom stereocenters. The molecule has 0 aliphatic heterocycles. The zero-order chi connectivity index (χ0) is 16.5. The average Bonchev–Trinajstić information content (AvgIpc) is 2.28. The average molecular weight is 388 g/mol. The van der Waals surface area contributed by atoms with Crippen molar-refractivity contribution in [3.8, 4) is 0 Å². The van der Waals surface area contributed by atoms with Crippen molar-refractivity contribution in [3.05, 3.63) is 28.2 Å². The standard InChI is InChI=1S/C13H17BrF3NO2S/c1-12(2,3)21(19,20)7-6-18-11-5-4-9(14)8-10(11)13(15,16)17/h4-5,8,18H,6-7H2,1-3H3. The van der Waals surface area contributed by atoms with Crippen molar-refractivity contribution in [2.45, 2.75) is 31.7 Å². The predicted octanol–water partition coefficient (Wildman–Crippen LogP) is 4.09. The van der Waals surface area contributed by atoms with Crippen LogP contribution in [0.1, 0.15) is 26.3 Å². The molecule has 0 bridgehead atoms. The van der Waals surface area contributed by atoms with Crippen LogP contribution in [-0.2, 0) is 16.0 Å². The Morgan fingerprint density at radius 2 is 1.76 bits per heavy atom. The third-order valence-corrected chi connectivity index (χ3v) is 6.01. The Labute approximate surface area is 131 Å². The van der Waals surface area contributed by atoms with Gasteiger partial charge in [0.25, 0.3) is 0 Å². The van der Waals surface area contributed by atoms with Gasteiger partial charge in [-0.25, -0.2) is 8.42 Å². The Hall–Kier alpha value is -0.760. The molecular formula is C13H17BrF3NO2S. The number of hydrogen-bond acceptors (Lipinski definition) is 3. The molecule has 0 aromatic heterocycles. The first-order valence-electron chi connectivity index (χ1n) is 6.17. The zero-order valence-electron chi connectivity index (χ0n) is 11.9. The molecule has 8 heteroatoms. The van der Waals surface area contributed by atoms with Crippen LogP contribution < -0.4 is 5.32 Å². The van der Waals surface area contributed by atoms with Crippen molar-refractivity contribution in [2.75, 3.05) is 17.6 Å². The zero-order valence-corrected chi connectivity index (χ0v) is 14.3. The van der Waals surface area contributed by atoms with Crippen molar-refractivity contribution >= 4 is 31.5 Å². The van der Waals surface area contributed by atoms with E-state index in [1.165, 1.54) is 12.1 Å². The highest BCUT2D eigenvalue weighted by atomic mass is 79.9. The third-order valence-electron chi connectivity index (χ3n) is 2.91. The molecule has 1 N–H and O–H groups in total. The van der Waals surface area contributed by atoms with Gasteiger partial charge in [-0.15, -0.1) is 0 Å². The number of anilines is 1. The van der Waals surface area contributed by atoms with Gasteiger partial charge in [-0.1, -0.05) is 15.9 Å². The molecule has 1 rings (SSSR count). The van der Waals surface area contributed by atoms with E-state index in [-0.39, 0.29) is 18.0 Å². The fraction of sp³-hybridized carbons (Fsp3) is 0.538. The molecule has 0 saturated carbocycles. The van der Waals surface area contributed by atoms with E-state index >= 15 is 0 Å². The summed E-state index contributed by atoms with van der Waals surface area (Å²) in [5, 5.41) is 2.56. The first-order valence-corrected chi connectivity index (χ1v) is 8.62. The van der Waals surface area contributed by atoms with E-state index in [0.717, 1.165) is 6.07 Å². The van der Waals surface area contributed by atoms with Crippen LogP contribution in [0.25, 0.3) is 0 Å². The summed E-state index contributed by atoms with van der Waals surface area (Å²) in [6.07, 6.45) is -4.50. The number of sulfone groups is 1. The topological polar surface area (TPSA) is 46.2 Å². The Bertz CT molecular complexity index is 607. The highest BCUT2D eigenvalue weighted by molar-refractivity contribution is 9.10. The van der Waals surface area contributed by atoms with Gasteiger partial charge >= 0.3 is 6.18 Å². The maximum absolute atomic E-state index is 12.9. The fourth-order valence-corrected chi connectivity index (χ4v) is 2.88. The van der Waals surface area contributed by atoms with Crippen LogP contribution in [0.3, 0.4) is 0 Å². The Morgan fingerprint density at radius 3 is 2.24 bits per heavy atom. The monoisotopic (exact) mass is 387 g/mol. The summed E-state index contributed by atoms with van der Waals surface area (Å²) in [6, 6.07) is 3.70. The van der Waals surface area contributed by atoms with Gasteiger partial charge < -0.3 is 5.32 Å². The van der Waals surface area contributed by atoms with Crippen molar-refractivity contribution < 1.29 is 21.6 Å². The lowest BCUT2D eigenvalue weighted by Gasteiger charge is -2.20. The second-order valence-electron chi connectivity index (χ2n) is 5.55. The number of rotatable bonds is 4. The van der Waals surface area contributed by atoms with E-state index in [1.54, 1.807) is 20.8 Å². The number of hydrogen-bond donors (Lipinski definition) is 1. The predicted molar refractivity (Wildman–Crippen MR) is 81.2 cm³/mol. The van der Waals surface area contributed by atoms with E-state index in [1.807, 2.05) is 0 Å². The molecule has 1 aromatic rings. The highest BCUT2D eigenvalue weighted by Crippen LogP contribution is 2.36. The van der Waals surface area contributed by atoms with Gasteiger partial charge in [0.15, 0.2) is 9.84 Å². The van der Waals surface area contributed by atoms with Crippen molar-refractivity contribution in [2.24, 2.45) is 0 Å². The number of benzene rings is 1. The summed E-state index contributed by atoms with van der Waals surface area (Å²) in [5.74, 6) is -0.232. The first-order chi connectivity index (χ1) is 9.34. The van der Waals surface area contributed by atoms with E-state index in [4.69, 9.17) is 0 Å². The summed E-state index contributed by atoms with van der Waals surface area (Å²) in [5.41, 5.74) is -0.958. The van der Waals surface area contributed by atoms with Crippen LogP contribution in [0.15, 0.2) is 22.7 Å². The smallest absolute Gasteiger partial charge is 0.384 e. The van der Waals surface area contributed by atoms with E-state index in [0.29, 0.717) is 4.47 Å². The van der Waals surface area contributed by atoms with Gasteiger partial charge in [0, 0.05) is 16.7 Å². The highest BCUT2D eigenvalue weighted by Gasteiger charge is 2.34. The second kappa shape index (κ2) is 6.16. The van der Waals surface area contributed by atoms with Crippen LogP contribution in [-0.4, -0.2) is 25.5 Å². The minimum absolute atomic E-state index is 0.0791. The van der Waals surface area contributed by atoms with Crippen molar-refractivity contribution in [1.82, 2.24) is 0 Å². The largest absolute Gasteiger partial charge is 0.418 e. The quantitative estimate of drug-likeness (QED) is 0.845. The molecule has 0 amide bonds. The summed E-state index contributed by atoms with van der Waals surface area (Å²) < 4.78 is 61.9. The lowest BCUT2D eigenvalue weighted by molar-refractivity contribution is -0.137. The Kier molecular flexibility index (Phi) is 5.36. The summed E-state index contributed by atoms with van der Waals surface area (Å²) in [6.45, 7) is 4.60. The lowest BCUT2D eigenvalue weighted by atomic mass is 10.1. The third kappa shape index (κ3) is 4.88. The molecule has 0 atom stereocenters. The molecule has 1 aromatic carbocycles. The molecule has 0 spiro atoms. The van der Waals surface area contributed by atoms with Gasteiger partial charge in [-0.3, -0.25) is 0 Å². The molecule has 3 nitrogen and oxygen atoms in total. The van der Waals surface area contributed by atoms with Crippen molar-refractivity contribution in [1.29, 1.82) is 0 Å². The number of alkyl halides is 3. The summed E-state index contributed by atoms with van der Waals surface area (Å²) in [7, 11) is -3.38. The van der Waals surface area contributed by atoms with Gasteiger partial charge in [0.05, 0.1) is 16.1 Å². The molecule has 0 saturated heterocycles. The van der Waals surface area contributed by atoms with Gasteiger partial charge in [-0.05, 0) is 39.0 Å². The van der Waals surface area contributed by atoms with E-state index in [2.05, 4.69) is 21.2 Å². The fourth-order valence-electron chi connectivity index (χ4n) is 1.53. The summed E-state index contributed by atoms with van der Waals surface area (Å²) in [4.78, 5) is 0. The SMILES string of the molecule is CC(C)(C)S(=O)(=O)CCNc1ccc(Br)cc1C(F)(F)F. The molecule has 0 aliphatic rings. The lowest BCUT2D eigenvalue weighted by Crippen LogP contribution is -2.33. The second-order valence-corrected chi connectivity index (χ2v) is 9.32. The molecule has 120 valence electrons. The minimum Gasteiger partial charge on any atom is -0.384 e. The number of halogens is 4. The molecule has 0 fully saturated rings. The summed E-state index contributed by atoms with van der Waals surface area (Å²) >= 11 is 2.99. The molecule has 0 heterocycles. The van der Waals surface area contributed by atoms with Gasteiger partial charge in [-0.2, -0.15) is 13.2 Å². The maximum atomic E-state index is 12.9. The number of nitrogens with one attached hydrogen (secondary N) is 1. The van der Waals surface area contributed by atoms with Crippen molar-refractivity contribution in [3.63, 3.8) is 0 Å². The van der Waals surface area contributed by atoms with E-state index in [9.17, 15) is 21.6 Å². The van der Waals surface area contributed by atoms with Crippen LogP contribution in [0.5, 0.6) is 0 Å². The van der Waals surface area contributed by atoms with Gasteiger partial charge in [0.2, 0.25) is 0 Å². The Balaban J connectivity index is 2.87. The minimum atomic E-state index is -4.50. The van der Waals surface area contributed by atoms with Gasteiger partial charge in [0.1, 0.15) is 0 Å². The Morgan fingerprint density at radius 1 is 1.19 bits per heavy atom. The van der Waals surface area contributed by atoms with E-state index < -0.39 is 26.3 Å². The van der Waals surface area contributed by atoms with Crippen LogP contribution in [0, 0.1) is 0 Å². The van der Waals surface area contributed by atoms with Crippen LogP contribution in [0.2, 0.25) is 0 Å². The van der Waals surface area contributed by atoms with Crippen LogP contribution >= 0.6 is 15.9 Å². The van der Waals surface area contributed by atoms with Crippen LogP contribution in [0.4, 0.5) is 18.9 Å². The molecule has 21 heavy (non-hydrogen) atoms. The normalized spacial score (nSPS) is 13.3. The maximum Gasteiger partial charge on any atom is 0.418 e. The molecule has 0 radical (unpaired) electrons. The molecule has 0 aliphatic carbocycles. The molecular weight excluding hydrogens is 371 g/mol. The first kappa shape index (κ1) is 18.3.